The highest BCUT2D eigenvalue weighted by Crippen LogP contribution is 2.49. The molecule has 0 saturated heterocycles. The first-order valence-electron chi connectivity index (χ1n) is 25.6. The number of aromatic nitrogens is 1. The van der Waals surface area contributed by atoms with E-state index in [0.717, 1.165) is 56.7 Å². The molecule has 2 N–H and O–H groups in total. The Morgan fingerprint density at radius 2 is 1.29 bits per heavy atom. The average Bonchev–Trinajstić information content (AvgIpc) is 4.01. The van der Waals surface area contributed by atoms with Gasteiger partial charge in [0, 0.05) is 53.1 Å². The fourth-order valence-corrected chi connectivity index (χ4v) is 10.8. The molecule has 0 aliphatic carbocycles. The van der Waals surface area contributed by atoms with E-state index in [-0.39, 0.29) is 38.8 Å². The van der Waals surface area contributed by atoms with Gasteiger partial charge in [-0.3, -0.25) is 14.2 Å². The number of nitrogens with one attached hydrogen (secondary N) is 2. The van der Waals surface area contributed by atoms with Crippen molar-refractivity contribution in [3.63, 3.8) is 0 Å². The molecule has 2 atom stereocenters. The third-order valence-corrected chi connectivity index (χ3v) is 14.0. The summed E-state index contributed by atoms with van der Waals surface area (Å²) in [6, 6.07) is 50.5. The zero-order valence-electron chi connectivity index (χ0n) is 44.7. The van der Waals surface area contributed by atoms with Crippen LogP contribution in [-0.4, -0.2) is 28.5 Å². The first-order chi connectivity index (χ1) is 35.8. The molecular formula is C65H78N3O6P. The van der Waals surface area contributed by atoms with Crippen molar-refractivity contribution < 1.29 is 28.1 Å². The number of carbonyl (C=O) groups excluding carboxylic acids is 3. The summed E-state index contributed by atoms with van der Waals surface area (Å²) in [7, 11) is -0.987. The second kappa shape index (κ2) is 30.0. The normalized spacial score (nSPS) is 11.4. The van der Waals surface area contributed by atoms with E-state index in [4.69, 9.17) is 13.7 Å². The van der Waals surface area contributed by atoms with Gasteiger partial charge in [0.05, 0.1) is 19.7 Å². The van der Waals surface area contributed by atoms with Crippen molar-refractivity contribution in [2.45, 2.75) is 119 Å². The molecule has 2 amide bonds. The molecular weight excluding hydrogens is 950 g/mol. The highest BCUT2D eigenvalue weighted by molar-refractivity contribution is 7.51. The predicted octanol–water partition coefficient (Wildman–Crippen LogP) is 17.0. The van der Waals surface area contributed by atoms with E-state index in [2.05, 4.69) is 112 Å². The lowest BCUT2D eigenvalue weighted by Crippen LogP contribution is -2.48. The van der Waals surface area contributed by atoms with Gasteiger partial charge >= 0.3 is 6.09 Å². The van der Waals surface area contributed by atoms with Crippen LogP contribution in [0.5, 0.6) is 5.75 Å². The Hall–Kier alpha value is -7.48. The molecule has 2 aromatic heterocycles. The van der Waals surface area contributed by atoms with E-state index in [1.165, 1.54) is 11.1 Å². The molecule has 0 aliphatic rings. The van der Waals surface area contributed by atoms with Crippen LogP contribution in [0, 0.1) is 13.8 Å². The number of ether oxygens (including phenoxy) is 1. The Morgan fingerprint density at radius 1 is 0.733 bits per heavy atom. The summed E-state index contributed by atoms with van der Waals surface area (Å²) in [4.78, 5) is 42.4. The number of hydrogen-bond acceptors (Lipinski definition) is 6. The molecule has 0 radical (unpaired) electrons. The van der Waals surface area contributed by atoms with Crippen molar-refractivity contribution in [2.24, 2.45) is 0 Å². The number of furan rings is 1. The first-order valence-corrected chi connectivity index (χ1v) is 27.2. The average molecular weight is 1030 g/mol. The summed E-state index contributed by atoms with van der Waals surface area (Å²) in [6.45, 7) is 24.9. The fraction of sp³-hybridized carbons (Fsp3) is 0.277. The first kappa shape index (κ1) is 60.1. The smallest absolute Gasteiger partial charge is 0.408 e. The molecule has 2 heterocycles. The van der Waals surface area contributed by atoms with Gasteiger partial charge < -0.3 is 24.3 Å². The number of aryl methyl sites for hydroxylation is 2. The minimum Gasteiger partial charge on any atom is -0.473 e. The number of amides is 2. The van der Waals surface area contributed by atoms with Crippen LogP contribution in [0.4, 0.5) is 4.79 Å². The van der Waals surface area contributed by atoms with Crippen molar-refractivity contribution in [1.82, 2.24) is 15.2 Å². The maximum Gasteiger partial charge on any atom is 0.408 e. The third kappa shape index (κ3) is 17.0. The van der Waals surface area contributed by atoms with Crippen LogP contribution < -0.4 is 15.2 Å². The number of para-hydroxylation sites is 2. The molecule has 8 aromatic rings. The topological polar surface area (TPSA) is 112 Å². The van der Waals surface area contributed by atoms with Crippen LogP contribution in [0.2, 0.25) is 0 Å². The van der Waals surface area contributed by atoms with E-state index in [9.17, 15) is 14.4 Å². The number of fused-ring (bicyclic) bond motifs is 2. The highest BCUT2D eigenvalue weighted by Gasteiger charge is 2.33. The Kier molecular flexibility index (Phi) is 24.1. The van der Waals surface area contributed by atoms with Gasteiger partial charge in [-0.05, 0) is 78.4 Å². The Balaban J connectivity index is 0.00000128. The molecule has 0 fully saturated rings. The standard InChI is InChI=1S/C56H56N3O6P.C4H6.2C2H6.CH4/c1-38-29-39(2)53(51(30-38)65-66(36-41-19-9-6-10-20-41)37-42-21-11-7-12-22-42)56(4,5)33-52(60)59-34-45(47-26-16-17-27-49(47)59)32-48(54(61)57-40(3)43-23-13-8-14-24-43)58-55(62)63-35-46-31-44-25-15-18-28-50(44)64-46;1-3-4-2;2*1-2;/h6-31,34,40,48H,32-33,35-37H2,1-5H3,(H,57,61)(H,58,62);3-4H,1-2H2;2*1-2H3;1H4/t40-,48?;;;;/m0..../s1. The molecule has 8 rings (SSSR count). The lowest BCUT2D eigenvalue weighted by atomic mass is 9.78. The number of benzene rings is 6. The third-order valence-electron chi connectivity index (χ3n) is 12.1. The molecule has 0 bridgehead atoms. The summed E-state index contributed by atoms with van der Waals surface area (Å²) < 4.78 is 20.3. The quantitative estimate of drug-likeness (QED) is 0.0654. The maximum absolute atomic E-state index is 14.8. The van der Waals surface area contributed by atoms with Gasteiger partial charge in [0.2, 0.25) is 11.8 Å². The lowest BCUT2D eigenvalue weighted by Gasteiger charge is -2.31. The number of hydrogen-bond donors (Lipinski definition) is 2. The number of allylic oxidation sites excluding steroid dienone is 2. The SMILES string of the molecule is C.C=CC=C.CC.CC.Cc1cc(C)c(C(C)(C)CC(=O)n2cc(CC(NC(=O)OCc3cc4ccccc4o3)C(=O)N[C@@H](C)c3ccccc3)c3ccccc32)c(OP(Cc2ccccc2)Cc2ccccc2)c1. The van der Waals surface area contributed by atoms with E-state index in [1.807, 2.05) is 138 Å². The van der Waals surface area contributed by atoms with Gasteiger partial charge in [-0.1, -0.05) is 208 Å². The summed E-state index contributed by atoms with van der Waals surface area (Å²) in [5.41, 5.74) is 7.99. The maximum atomic E-state index is 14.8. The summed E-state index contributed by atoms with van der Waals surface area (Å²) in [5, 5.41) is 7.61. The van der Waals surface area contributed by atoms with Gasteiger partial charge in [-0.2, -0.15) is 0 Å². The number of nitrogens with zero attached hydrogens (tertiary/aromatic N) is 1. The Morgan fingerprint density at radius 3 is 1.89 bits per heavy atom. The van der Waals surface area contributed by atoms with Crippen molar-refractivity contribution in [3.8, 4) is 5.75 Å². The second-order valence-electron chi connectivity index (χ2n) is 18.2. The van der Waals surface area contributed by atoms with Gasteiger partial charge in [0.25, 0.3) is 0 Å². The van der Waals surface area contributed by atoms with Gasteiger partial charge in [-0.15, -0.1) is 0 Å². The molecule has 75 heavy (non-hydrogen) atoms. The minimum atomic E-state index is -1.04. The van der Waals surface area contributed by atoms with E-state index < -0.39 is 31.6 Å². The van der Waals surface area contributed by atoms with Gasteiger partial charge in [0.15, 0.2) is 6.61 Å². The molecule has 9 nitrogen and oxygen atoms in total. The molecule has 6 aromatic carbocycles. The Labute approximate surface area is 447 Å². The lowest BCUT2D eigenvalue weighted by molar-refractivity contribution is -0.123. The van der Waals surface area contributed by atoms with Crippen LogP contribution in [0.25, 0.3) is 21.9 Å². The highest BCUT2D eigenvalue weighted by atomic mass is 31.1. The Bertz CT molecular complexity index is 2970. The zero-order chi connectivity index (χ0) is 53.6. The van der Waals surface area contributed by atoms with Crippen LogP contribution >= 0.6 is 8.15 Å². The van der Waals surface area contributed by atoms with E-state index in [1.54, 1.807) is 16.7 Å². The van der Waals surface area contributed by atoms with Crippen molar-refractivity contribution in [2.75, 3.05) is 0 Å². The molecule has 1 unspecified atom stereocenters. The predicted molar refractivity (Wildman–Crippen MR) is 314 cm³/mol. The molecule has 0 saturated carbocycles. The molecule has 10 heteroatoms. The van der Waals surface area contributed by atoms with Crippen molar-refractivity contribution in [3.05, 3.63) is 234 Å². The fourth-order valence-electron chi connectivity index (χ4n) is 8.87. The van der Waals surface area contributed by atoms with Crippen LogP contribution in [-0.2, 0) is 40.3 Å². The van der Waals surface area contributed by atoms with Crippen molar-refractivity contribution >= 4 is 47.9 Å². The summed E-state index contributed by atoms with van der Waals surface area (Å²) in [5.74, 6) is 0.784. The van der Waals surface area contributed by atoms with E-state index in [0.29, 0.717) is 16.9 Å². The summed E-state index contributed by atoms with van der Waals surface area (Å²) in [6.07, 6.45) is 6.15. The van der Waals surface area contributed by atoms with Gasteiger partial charge in [0.1, 0.15) is 23.1 Å². The van der Waals surface area contributed by atoms with E-state index >= 15 is 0 Å². The second-order valence-corrected chi connectivity index (χ2v) is 19.9. The molecule has 0 spiro atoms. The van der Waals surface area contributed by atoms with Crippen LogP contribution in [0.1, 0.15) is 118 Å². The molecule has 394 valence electrons. The number of carbonyl (C=O) groups is 3. The van der Waals surface area contributed by atoms with Crippen LogP contribution in [0.15, 0.2) is 194 Å². The largest absolute Gasteiger partial charge is 0.473 e. The van der Waals surface area contributed by atoms with Gasteiger partial charge in [-0.25, -0.2) is 4.79 Å². The number of rotatable bonds is 18. The summed E-state index contributed by atoms with van der Waals surface area (Å²) >= 11 is 0. The monoisotopic (exact) mass is 1030 g/mol. The zero-order valence-corrected chi connectivity index (χ0v) is 45.6. The number of alkyl carbamates (subject to hydrolysis) is 1. The minimum absolute atomic E-state index is 0. The molecule has 0 aliphatic heterocycles. The van der Waals surface area contributed by atoms with Crippen molar-refractivity contribution in [1.29, 1.82) is 0 Å². The van der Waals surface area contributed by atoms with Crippen LogP contribution in [0.3, 0.4) is 0 Å².